The quantitative estimate of drug-likeness (QED) is 0.734. The second-order valence-electron chi connectivity index (χ2n) is 5.04. The summed E-state index contributed by atoms with van der Waals surface area (Å²) in [6.45, 7) is 9.64. The Balaban J connectivity index is 2.56. The highest BCUT2D eigenvalue weighted by molar-refractivity contribution is 5.35. The van der Waals surface area contributed by atoms with Gasteiger partial charge in [0.05, 0.1) is 0 Å². The normalized spacial score (nSPS) is 10.9. The molecule has 17 heavy (non-hydrogen) atoms. The van der Waals surface area contributed by atoms with Crippen molar-refractivity contribution in [2.45, 2.75) is 53.4 Å². The largest absolute Gasteiger partial charge is 0.370 e. The van der Waals surface area contributed by atoms with Crippen molar-refractivity contribution >= 4 is 5.82 Å². The number of hydrogen-bond donors (Lipinski definition) is 1. The number of aryl methyl sites for hydroxylation is 1. The zero-order valence-corrected chi connectivity index (χ0v) is 11.6. The summed E-state index contributed by atoms with van der Waals surface area (Å²) < 4.78 is 0. The fourth-order valence-corrected chi connectivity index (χ4v) is 1.77. The molecule has 0 saturated heterocycles. The molecule has 0 aliphatic carbocycles. The summed E-state index contributed by atoms with van der Waals surface area (Å²) in [6, 6.07) is 2.02. The standard InChI is InChI=1S/C14H25N3/c1-5-6-7-8-15-13-10-12(4)16-14(17-13)9-11(2)3/h10-11H,5-9H2,1-4H3,(H,15,16,17). The van der Waals surface area contributed by atoms with E-state index >= 15 is 0 Å². The molecular formula is C14H25N3. The summed E-state index contributed by atoms with van der Waals surface area (Å²) in [6.07, 6.45) is 4.68. The second kappa shape index (κ2) is 7.25. The molecular weight excluding hydrogens is 210 g/mol. The molecule has 0 aliphatic heterocycles. The van der Waals surface area contributed by atoms with Crippen LogP contribution in [0.15, 0.2) is 6.07 Å². The fourth-order valence-electron chi connectivity index (χ4n) is 1.77. The Bertz CT molecular complexity index is 334. The molecule has 0 fully saturated rings. The molecule has 0 atom stereocenters. The van der Waals surface area contributed by atoms with Crippen LogP contribution >= 0.6 is 0 Å². The van der Waals surface area contributed by atoms with E-state index in [9.17, 15) is 0 Å². The Hall–Kier alpha value is -1.12. The van der Waals surface area contributed by atoms with Crippen LogP contribution in [0.5, 0.6) is 0 Å². The number of anilines is 1. The number of unbranched alkanes of at least 4 members (excludes halogenated alkanes) is 2. The number of nitrogens with zero attached hydrogens (tertiary/aromatic N) is 2. The molecule has 0 unspecified atom stereocenters. The van der Waals surface area contributed by atoms with E-state index in [1.807, 2.05) is 13.0 Å². The lowest BCUT2D eigenvalue weighted by molar-refractivity contribution is 0.619. The summed E-state index contributed by atoms with van der Waals surface area (Å²) >= 11 is 0. The molecule has 0 spiro atoms. The molecule has 3 nitrogen and oxygen atoms in total. The Labute approximate surface area is 105 Å². The molecule has 1 heterocycles. The number of aromatic nitrogens is 2. The van der Waals surface area contributed by atoms with Crippen molar-refractivity contribution < 1.29 is 0 Å². The summed E-state index contributed by atoms with van der Waals surface area (Å²) in [7, 11) is 0. The van der Waals surface area contributed by atoms with Gasteiger partial charge in [0.1, 0.15) is 11.6 Å². The minimum absolute atomic E-state index is 0.602. The number of hydrogen-bond acceptors (Lipinski definition) is 3. The van der Waals surface area contributed by atoms with Gasteiger partial charge in [0.15, 0.2) is 0 Å². The SMILES string of the molecule is CCCCCNc1cc(C)nc(CC(C)C)n1. The maximum Gasteiger partial charge on any atom is 0.131 e. The van der Waals surface area contributed by atoms with Crippen LogP contribution in [0, 0.1) is 12.8 Å². The Morgan fingerprint density at radius 1 is 1.24 bits per heavy atom. The Kier molecular flexibility index (Phi) is 5.95. The van der Waals surface area contributed by atoms with Crippen molar-refractivity contribution in [3.05, 3.63) is 17.6 Å². The summed E-state index contributed by atoms with van der Waals surface area (Å²) in [5, 5.41) is 3.38. The van der Waals surface area contributed by atoms with Crippen LogP contribution in [-0.2, 0) is 6.42 Å². The topological polar surface area (TPSA) is 37.8 Å². The first-order valence-corrected chi connectivity index (χ1v) is 6.70. The molecule has 1 rings (SSSR count). The van der Waals surface area contributed by atoms with Crippen LogP contribution in [0.1, 0.15) is 51.6 Å². The van der Waals surface area contributed by atoms with E-state index in [0.29, 0.717) is 5.92 Å². The molecule has 1 aromatic rings. The van der Waals surface area contributed by atoms with Crippen molar-refractivity contribution in [2.75, 3.05) is 11.9 Å². The molecule has 0 aliphatic rings. The van der Waals surface area contributed by atoms with Gasteiger partial charge in [-0.05, 0) is 19.3 Å². The van der Waals surface area contributed by atoms with Crippen LogP contribution < -0.4 is 5.32 Å². The second-order valence-corrected chi connectivity index (χ2v) is 5.04. The van der Waals surface area contributed by atoms with E-state index in [2.05, 4.69) is 36.1 Å². The lowest BCUT2D eigenvalue weighted by Crippen LogP contribution is -2.08. The van der Waals surface area contributed by atoms with Crippen molar-refractivity contribution in [3.63, 3.8) is 0 Å². The Morgan fingerprint density at radius 3 is 2.65 bits per heavy atom. The average Bonchev–Trinajstić information content (AvgIpc) is 2.22. The highest BCUT2D eigenvalue weighted by atomic mass is 15.0. The first-order chi connectivity index (χ1) is 8.11. The third-order valence-corrected chi connectivity index (χ3v) is 2.58. The van der Waals surface area contributed by atoms with E-state index in [0.717, 1.165) is 30.3 Å². The van der Waals surface area contributed by atoms with Crippen LogP contribution in [0.3, 0.4) is 0 Å². The number of rotatable bonds is 7. The predicted molar refractivity (Wildman–Crippen MR) is 73.3 cm³/mol. The molecule has 1 N–H and O–H groups in total. The molecule has 3 heteroatoms. The van der Waals surface area contributed by atoms with E-state index in [4.69, 9.17) is 0 Å². The van der Waals surface area contributed by atoms with Crippen molar-refractivity contribution in [1.82, 2.24) is 9.97 Å². The van der Waals surface area contributed by atoms with Gasteiger partial charge in [0.25, 0.3) is 0 Å². The van der Waals surface area contributed by atoms with Gasteiger partial charge < -0.3 is 5.32 Å². The lowest BCUT2D eigenvalue weighted by atomic mass is 10.1. The third kappa shape index (κ3) is 5.66. The van der Waals surface area contributed by atoms with Crippen LogP contribution in [0.2, 0.25) is 0 Å². The van der Waals surface area contributed by atoms with E-state index in [1.54, 1.807) is 0 Å². The van der Waals surface area contributed by atoms with Crippen molar-refractivity contribution in [1.29, 1.82) is 0 Å². The van der Waals surface area contributed by atoms with Crippen molar-refractivity contribution in [3.8, 4) is 0 Å². The Morgan fingerprint density at radius 2 is 2.00 bits per heavy atom. The molecule has 0 aromatic carbocycles. The van der Waals surface area contributed by atoms with E-state index in [1.165, 1.54) is 19.3 Å². The summed E-state index contributed by atoms with van der Waals surface area (Å²) in [4.78, 5) is 9.02. The maximum absolute atomic E-state index is 4.55. The van der Waals surface area contributed by atoms with Crippen LogP contribution in [0.4, 0.5) is 5.82 Å². The average molecular weight is 235 g/mol. The molecule has 0 amide bonds. The minimum atomic E-state index is 0.602. The third-order valence-electron chi connectivity index (χ3n) is 2.58. The van der Waals surface area contributed by atoms with E-state index < -0.39 is 0 Å². The first-order valence-electron chi connectivity index (χ1n) is 6.70. The molecule has 0 saturated carbocycles. The van der Waals surface area contributed by atoms with Gasteiger partial charge in [-0.15, -0.1) is 0 Å². The lowest BCUT2D eigenvalue weighted by Gasteiger charge is -2.09. The smallest absolute Gasteiger partial charge is 0.131 e. The minimum Gasteiger partial charge on any atom is -0.370 e. The van der Waals surface area contributed by atoms with Crippen LogP contribution in [-0.4, -0.2) is 16.5 Å². The molecule has 1 aromatic heterocycles. The zero-order valence-electron chi connectivity index (χ0n) is 11.6. The van der Waals surface area contributed by atoms with Crippen LogP contribution in [0.25, 0.3) is 0 Å². The number of nitrogens with one attached hydrogen (secondary N) is 1. The van der Waals surface area contributed by atoms with Gasteiger partial charge in [-0.25, -0.2) is 9.97 Å². The summed E-state index contributed by atoms with van der Waals surface area (Å²) in [5.41, 5.74) is 1.05. The van der Waals surface area contributed by atoms with Gasteiger partial charge >= 0.3 is 0 Å². The van der Waals surface area contributed by atoms with Gasteiger partial charge in [0.2, 0.25) is 0 Å². The van der Waals surface area contributed by atoms with Gasteiger partial charge in [-0.1, -0.05) is 33.6 Å². The predicted octanol–water partition coefficient (Wildman–Crippen LogP) is 3.59. The monoisotopic (exact) mass is 235 g/mol. The van der Waals surface area contributed by atoms with Gasteiger partial charge in [0, 0.05) is 24.7 Å². The fraction of sp³-hybridized carbons (Fsp3) is 0.714. The molecule has 96 valence electrons. The zero-order chi connectivity index (χ0) is 12.7. The van der Waals surface area contributed by atoms with Gasteiger partial charge in [-0.2, -0.15) is 0 Å². The summed E-state index contributed by atoms with van der Waals surface area (Å²) in [5.74, 6) is 2.53. The van der Waals surface area contributed by atoms with E-state index in [-0.39, 0.29) is 0 Å². The highest BCUT2D eigenvalue weighted by Gasteiger charge is 2.04. The first kappa shape index (κ1) is 13.9. The van der Waals surface area contributed by atoms with Crippen molar-refractivity contribution in [2.24, 2.45) is 5.92 Å². The molecule has 0 bridgehead atoms. The maximum atomic E-state index is 4.55. The highest BCUT2D eigenvalue weighted by Crippen LogP contribution is 2.10. The van der Waals surface area contributed by atoms with Gasteiger partial charge in [-0.3, -0.25) is 0 Å². The molecule has 0 radical (unpaired) electrons.